The number of benzene rings is 1. The van der Waals surface area contributed by atoms with Crippen LogP contribution in [0.4, 0.5) is 13.6 Å². The lowest BCUT2D eigenvalue weighted by atomic mass is 9.99. The predicted octanol–water partition coefficient (Wildman–Crippen LogP) is 2.21. The van der Waals surface area contributed by atoms with Gasteiger partial charge in [0, 0.05) is 5.02 Å². The summed E-state index contributed by atoms with van der Waals surface area (Å²) in [5, 5.41) is 9.45. The van der Waals surface area contributed by atoms with Gasteiger partial charge in [-0.15, -0.1) is 0 Å². The number of likely N-dealkylation sites (tertiary alicyclic amines) is 1. The molecule has 1 saturated heterocycles. The zero-order valence-electron chi connectivity index (χ0n) is 9.89. The molecule has 1 amide bonds. The van der Waals surface area contributed by atoms with Crippen molar-refractivity contribution < 1.29 is 18.7 Å². The number of hydrogen-bond acceptors (Lipinski definition) is 2. The zero-order valence-corrected chi connectivity index (χ0v) is 10.6. The highest BCUT2D eigenvalue weighted by Gasteiger charge is 2.54. The first kappa shape index (κ1) is 14.0. The highest BCUT2D eigenvalue weighted by Crippen LogP contribution is 2.33. The maximum absolute atomic E-state index is 13.5. The number of nitrogens with zero attached hydrogens (tertiary/aromatic N) is 1. The van der Waals surface area contributed by atoms with Crippen molar-refractivity contribution in [3.05, 3.63) is 34.9 Å². The molecule has 0 spiro atoms. The van der Waals surface area contributed by atoms with E-state index in [1.807, 2.05) is 0 Å². The molecule has 0 aliphatic carbocycles. The number of carbonyl (C=O) groups is 1. The van der Waals surface area contributed by atoms with Crippen molar-refractivity contribution in [2.75, 3.05) is 6.54 Å². The quantitative estimate of drug-likeness (QED) is 0.877. The van der Waals surface area contributed by atoms with E-state index in [1.54, 1.807) is 24.3 Å². The van der Waals surface area contributed by atoms with Crippen LogP contribution in [0.2, 0.25) is 5.02 Å². The molecule has 1 aromatic carbocycles. The van der Waals surface area contributed by atoms with Crippen LogP contribution in [-0.2, 0) is 6.42 Å². The summed E-state index contributed by atoms with van der Waals surface area (Å²) >= 11 is 5.81. The third-order valence-corrected chi connectivity index (χ3v) is 3.50. The van der Waals surface area contributed by atoms with E-state index in [2.05, 4.69) is 0 Å². The summed E-state index contributed by atoms with van der Waals surface area (Å²) in [6, 6.07) is 4.19. The van der Waals surface area contributed by atoms with Crippen LogP contribution < -0.4 is 5.73 Å². The van der Waals surface area contributed by atoms with Crippen LogP contribution in [0.3, 0.4) is 0 Å². The van der Waals surface area contributed by atoms with Gasteiger partial charge in [0.05, 0.1) is 18.6 Å². The van der Waals surface area contributed by atoms with E-state index in [9.17, 15) is 13.6 Å². The van der Waals surface area contributed by atoms with E-state index in [0.29, 0.717) is 15.5 Å². The van der Waals surface area contributed by atoms with Crippen molar-refractivity contribution in [3.8, 4) is 0 Å². The number of hydrogen-bond donors (Lipinski definition) is 2. The summed E-state index contributed by atoms with van der Waals surface area (Å²) in [5.74, 6) is -3.21. The molecule has 1 heterocycles. The monoisotopic (exact) mass is 290 g/mol. The SMILES string of the molecule is NC1[C@@H](Cc2cccc(Cl)c2)N(C(=O)O)CC1(F)F. The standard InChI is InChI=1S/C12H13ClF2N2O2/c13-8-3-1-2-7(4-8)5-9-10(16)12(14,15)6-17(9)11(18)19/h1-4,9-10H,5-6,16H2,(H,18,19)/t9-,10?/m1/s1. The van der Waals surface area contributed by atoms with Gasteiger partial charge in [0.1, 0.15) is 0 Å². The Morgan fingerprint density at radius 1 is 1.58 bits per heavy atom. The van der Waals surface area contributed by atoms with Crippen LogP contribution in [0, 0.1) is 0 Å². The minimum atomic E-state index is -3.21. The van der Waals surface area contributed by atoms with E-state index in [0.717, 1.165) is 0 Å². The van der Waals surface area contributed by atoms with Crippen molar-refractivity contribution in [2.45, 2.75) is 24.4 Å². The molecular weight excluding hydrogens is 278 g/mol. The summed E-state index contributed by atoms with van der Waals surface area (Å²) < 4.78 is 27.0. The zero-order chi connectivity index (χ0) is 14.2. The average molecular weight is 291 g/mol. The van der Waals surface area contributed by atoms with Gasteiger partial charge < -0.3 is 10.8 Å². The third-order valence-electron chi connectivity index (χ3n) is 3.26. The van der Waals surface area contributed by atoms with Crippen LogP contribution >= 0.6 is 11.6 Å². The van der Waals surface area contributed by atoms with Gasteiger partial charge in [-0.2, -0.15) is 0 Å². The molecule has 104 valence electrons. The molecule has 1 fully saturated rings. The number of alkyl halides is 2. The fourth-order valence-corrected chi connectivity index (χ4v) is 2.49. The topological polar surface area (TPSA) is 66.6 Å². The van der Waals surface area contributed by atoms with Crippen molar-refractivity contribution in [3.63, 3.8) is 0 Å². The molecule has 7 heteroatoms. The average Bonchev–Trinajstić information content (AvgIpc) is 2.53. The van der Waals surface area contributed by atoms with Crippen molar-refractivity contribution in [1.82, 2.24) is 4.90 Å². The Balaban J connectivity index is 2.23. The predicted molar refractivity (Wildman–Crippen MR) is 66.6 cm³/mol. The lowest BCUT2D eigenvalue weighted by molar-refractivity contribution is -0.00118. The molecule has 1 unspecified atom stereocenters. The van der Waals surface area contributed by atoms with Crippen molar-refractivity contribution in [2.24, 2.45) is 5.73 Å². The maximum atomic E-state index is 13.5. The molecule has 0 saturated carbocycles. The lowest BCUT2D eigenvalue weighted by Gasteiger charge is -2.23. The molecule has 2 rings (SSSR count). The Labute approximate surface area is 113 Å². The van der Waals surface area contributed by atoms with Gasteiger partial charge in [0.15, 0.2) is 0 Å². The van der Waals surface area contributed by atoms with Crippen LogP contribution in [0.15, 0.2) is 24.3 Å². The first-order valence-corrected chi connectivity index (χ1v) is 6.06. The largest absolute Gasteiger partial charge is 0.465 e. The molecule has 1 aliphatic heterocycles. The summed E-state index contributed by atoms with van der Waals surface area (Å²) in [6.07, 6.45) is -1.27. The second kappa shape index (κ2) is 4.94. The third kappa shape index (κ3) is 2.79. The van der Waals surface area contributed by atoms with Crippen molar-refractivity contribution in [1.29, 1.82) is 0 Å². The van der Waals surface area contributed by atoms with E-state index >= 15 is 0 Å². The van der Waals surface area contributed by atoms with Gasteiger partial charge in [-0.05, 0) is 24.1 Å². The molecule has 1 aliphatic rings. The fourth-order valence-electron chi connectivity index (χ4n) is 2.28. The van der Waals surface area contributed by atoms with Gasteiger partial charge in [0.25, 0.3) is 5.92 Å². The minimum absolute atomic E-state index is 0.115. The number of amides is 1. The lowest BCUT2D eigenvalue weighted by Crippen LogP contribution is -2.46. The number of carboxylic acid groups (broad SMARTS) is 1. The van der Waals surface area contributed by atoms with E-state index in [-0.39, 0.29) is 6.42 Å². The molecule has 1 aromatic rings. The molecule has 0 aromatic heterocycles. The van der Waals surface area contributed by atoms with Gasteiger partial charge in [0.2, 0.25) is 0 Å². The van der Waals surface area contributed by atoms with Gasteiger partial charge in [-0.3, -0.25) is 4.90 Å². The van der Waals surface area contributed by atoms with Crippen LogP contribution in [-0.4, -0.2) is 40.7 Å². The smallest absolute Gasteiger partial charge is 0.407 e. The highest BCUT2D eigenvalue weighted by atomic mass is 35.5. The molecular formula is C12H13ClF2N2O2. The van der Waals surface area contributed by atoms with Crippen molar-refractivity contribution >= 4 is 17.7 Å². The Kier molecular flexibility index (Phi) is 3.64. The van der Waals surface area contributed by atoms with Gasteiger partial charge in [-0.25, -0.2) is 13.6 Å². The molecule has 0 bridgehead atoms. The van der Waals surface area contributed by atoms with Gasteiger partial charge in [-0.1, -0.05) is 23.7 Å². The molecule has 3 N–H and O–H groups in total. The minimum Gasteiger partial charge on any atom is -0.465 e. The normalized spacial score (nSPS) is 25.6. The Bertz CT molecular complexity index is 498. The van der Waals surface area contributed by atoms with Crippen LogP contribution in [0.25, 0.3) is 0 Å². The summed E-state index contributed by atoms with van der Waals surface area (Å²) in [4.78, 5) is 11.7. The fraction of sp³-hybridized carbons (Fsp3) is 0.417. The second-order valence-electron chi connectivity index (χ2n) is 4.60. The Morgan fingerprint density at radius 3 is 2.84 bits per heavy atom. The van der Waals surface area contributed by atoms with Crippen LogP contribution in [0.5, 0.6) is 0 Å². The molecule has 19 heavy (non-hydrogen) atoms. The Hall–Kier alpha value is -1.40. The Morgan fingerprint density at radius 2 is 2.26 bits per heavy atom. The van der Waals surface area contributed by atoms with Gasteiger partial charge >= 0.3 is 6.09 Å². The van der Waals surface area contributed by atoms with E-state index in [1.165, 1.54) is 0 Å². The highest BCUT2D eigenvalue weighted by molar-refractivity contribution is 6.30. The first-order valence-electron chi connectivity index (χ1n) is 5.68. The maximum Gasteiger partial charge on any atom is 0.407 e. The molecule has 4 nitrogen and oxygen atoms in total. The summed E-state index contributed by atoms with van der Waals surface area (Å²) in [6.45, 7) is -0.866. The first-order chi connectivity index (χ1) is 8.81. The van der Waals surface area contributed by atoms with E-state index < -0.39 is 30.6 Å². The molecule has 2 atom stereocenters. The number of rotatable bonds is 2. The summed E-state index contributed by atoms with van der Waals surface area (Å²) in [7, 11) is 0. The second-order valence-corrected chi connectivity index (χ2v) is 5.04. The van der Waals surface area contributed by atoms with E-state index in [4.69, 9.17) is 22.4 Å². The summed E-state index contributed by atoms with van der Waals surface area (Å²) in [5.41, 5.74) is 6.16. The molecule has 0 radical (unpaired) electrons. The number of nitrogens with two attached hydrogens (primary N) is 1. The van der Waals surface area contributed by atoms with Crippen LogP contribution in [0.1, 0.15) is 5.56 Å². The number of halogens is 3.